The van der Waals surface area contributed by atoms with E-state index >= 15 is 0 Å². The number of rotatable bonds is 2. The van der Waals surface area contributed by atoms with E-state index in [0.717, 1.165) is 11.1 Å². The molecule has 0 bridgehead atoms. The normalized spacial score (nSPS) is 10.6. The molecule has 0 radical (unpaired) electrons. The maximum Gasteiger partial charge on any atom is 0.0796 e. The average molecular weight is 306 g/mol. The fourth-order valence-corrected chi connectivity index (χ4v) is 2.48. The van der Waals surface area contributed by atoms with Crippen LogP contribution in [0.25, 0.3) is 0 Å². The van der Waals surface area contributed by atoms with E-state index in [4.69, 9.17) is 46.4 Å². The van der Waals surface area contributed by atoms with Gasteiger partial charge in [0.2, 0.25) is 0 Å². The molecule has 0 heterocycles. The summed E-state index contributed by atoms with van der Waals surface area (Å²) in [6, 6.07) is 11.7. The fraction of sp³-hybridized carbons (Fsp3) is 0.0769. The van der Waals surface area contributed by atoms with Crippen LogP contribution in [-0.4, -0.2) is 0 Å². The maximum absolute atomic E-state index is 6.15. The molecule has 2 rings (SSSR count). The van der Waals surface area contributed by atoms with Gasteiger partial charge in [-0.1, -0.05) is 76.7 Å². The van der Waals surface area contributed by atoms with Crippen molar-refractivity contribution in [3.05, 3.63) is 67.6 Å². The number of hydrogen-bond donors (Lipinski definition) is 0. The smallest absolute Gasteiger partial charge is 0.0796 e. The van der Waals surface area contributed by atoms with Crippen LogP contribution >= 0.6 is 46.4 Å². The van der Waals surface area contributed by atoms with Crippen molar-refractivity contribution in [1.29, 1.82) is 0 Å². The third-order valence-corrected chi connectivity index (χ3v) is 4.21. The highest BCUT2D eigenvalue weighted by molar-refractivity contribution is 6.52. The Morgan fingerprint density at radius 2 is 1.41 bits per heavy atom. The Morgan fingerprint density at radius 1 is 0.765 bits per heavy atom. The zero-order chi connectivity index (χ0) is 12.4. The first-order valence-electron chi connectivity index (χ1n) is 4.95. The predicted octanol–water partition coefficient (Wildman–Crippen LogP) is 5.89. The minimum atomic E-state index is 0.301. The average Bonchev–Trinajstić information content (AvgIpc) is 2.35. The van der Waals surface area contributed by atoms with Crippen LogP contribution in [0.2, 0.25) is 20.1 Å². The summed E-state index contributed by atoms with van der Waals surface area (Å²) in [4.78, 5) is 0. The summed E-state index contributed by atoms with van der Waals surface area (Å²) < 4.78 is 0. The van der Waals surface area contributed by atoms with Gasteiger partial charge in [0.15, 0.2) is 0 Å². The van der Waals surface area contributed by atoms with Gasteiger partial charge in [0.1, 0.15) is 0 Å². The first-order valence-corrected chi connectivity index (χ1v) is 6.46. The molecular formula is C13H8Cl4. The van der Waals surface area contributed by atoms with Gasteiger partial charge in [-0.3, -0.25) is 0 Å². The largest absolute Gasteiger partial charge is 0.0826 e. The van der Waals surface area contributed by atoms with Gasteiger partial charge in [-0.25, -0.2) is 0 Å². The first kappa shape index (κ1) is 13.0. The maximum atomic E-state index is 6.15. The van der Waals surface area contributed by atoms with E-state index in [1.165, 1.54) is 0 Å². The van der Waals surface area contributed by atoms with Gasteiger partial charge in [-0.05, 0) is 23.6 Å². The van der Waals surface area contributed by atoms with Crippen LogP contribution in [-0.2, 0) is 6.42 Å². The summed E-state index contributed by atoms with van der Waals surface area (Å²) >= 11 is 24.0. The third kappa shape index (κ3) is 2.89. The highest BCUT2D eigenvalue weighted by Gasteiger charge is 2.13. The highest BCUT2D eigenvalue weighted by Crippen LogP contribution is 2.38. The standard InChI is InChI=1S/C13H8Cl4/c14-10-7-9(11(15)13(17)12(10)16)6-8-4-2-1-3-5-8/h1-5,7H,6H2. The predicted molar refractivity (Wildman–Crippen MR) is 75.7 cm³/mol. The Hall–Kier alpha value is -0.400. The van der Waals surface area contributed by atoms with Crippen molar-refractivity contribution >= 4 is 46.4 Å². The molecular weight excluding hydrogens is 298 g/mol. The van der Waals surface area contributed by atoms with Crippen molar-refractivity contribution in [3.63, 3.8) is 0 Å². The Balaban J connectivity index is 2.41. The van der Waals surface area contributed by atoms with Gasteiger partial charge in [0.05, 0.1) is 20.1 Å². The van der Waals surface area contributed by atoms with Gasteiger partial charge in [-0.15, -0.1) is 0 Å². The Kier molecular flexibility index (Phi) is 4.22. The van der Waals surface area contributed by atoms with Crippen LogP contribution in [0.3, 0.4) is 0 Å². The highest BCUT2D eigenvalue weighted by atomic mass is 35.5. The molecule has 0 amide bonds. The molecule has 0 fully saturated rings. The quantitative estimate of drug-likeness (QED) is 0.479. The lowest BCUT2D eigenvalue weighted by Gasteiger charge is -2.09. The topological polar surface area (TPSA) is 0 Å². The van der Waals surface area contributed by atoms with Gasteiger partial charge in [0, 0.05) is 0 Å². The molecule has 0 spiro atoms. The van der Waals surface area contributed by atoms with Gasteiger partial charge in [0.25, 0.3) is 0 Å². The number of benzene rings is 2. The summed E-state index contributed by atoms with van der Waals surface area (Å²) in [6.07, 6.45) is 0.677. The molecule has 0 aliphatic heterocycles. The molecule has 0 aromatic heterocycles. The van der Waals surface area contributed by atoms with Crippen molar-refractivity contribution < 1.29 is 0 Å². The van der Waals surface area contributed by atoms with E-state index in [9.17, 15) is 0 Å². The molecule has 2 aromatic rings. The van der Waals surface area contributed by atoms with Crippen LogP contribution in [0.1, 0.15) is 11.1 Å². The minimum Gasteiger partial charge on any atom is -0.0826 e. The molecule has 4 heteroatoms. The van der Waals surface area contributed by atoms with Crippen LogP contribution in [0.5, 0.6) is 0 Å². The van der Waals surface area contributed by atoms with Crippen molar-refractivity contribution in [1.82, 2.24) is 0 Å². The molecule has 0 saturated heterocycles. The summed E-state index contributed by atoms with van der Waals surface area (Å²) in [5.41, 5.74) is 2.01. The third-order valence-electron chi connectivity index (χ3n) is 2.42. The summed E-state index contributed by atoms with van der Waals surface area (Å²) in [5.74, 6) is 0. The molecule has 88 valence electrons. The van der Waals surface area contributed by atoms with Crippen LogP contribution in [0.4, 0.5) is 0 Å². The lowest BCUT2D eigenvalue weighted by Crippen LogP contribution is -1.91. The van der Waals surface area contributed by atoms with Crippen molar-refractivity contribution in [2.45, 2.75) is 6.42 Å². The van der Waals surface area contributed by atoms with Crippen LogP contribution < -0.4 is 0 Å². The lowest BCUT2D eigenvalue weighted by atomic mass is 10.1. The molecule has 0 N–H and O–H groups in total. The zero-order valence-electron chi connectivity index (χ0n) is 8.68. The van der Waals surface area contributed by atoms with Crippen molar-refractivity contribution in [2.75, 3.05) is 0 Å². The number of hydrogen-bond acceptors (Lipinski definition) is 0. The second-order valence-corrected chi connectivity index (χ2v) is 5.16. The Morgan fingerprint density at radius 3 is 2.06 bits per heavy atom. The van der Waals surface area contributed by atoms with E-state index in [1.54, 1.807) is 6.07 Å². The van der Waals surface area contributed by atoms with Crippen LogP contribution in [0.15, 0.2) is 36.4 Å². The second kappa shape index (κ2) is 5.49. The van der Waals surface area contributed by atoms with Crippen molar-refractivity contribution in [2.24, 2.45) is 0 Å². The minimum absolute atomic E-state index is 0.301. The molecule has 0 aliphatic rings. The Labute approximate surface area is 120 Å². The van der Waals surface area contributed by atoms with E-state index < -0.39 is 0 Å². The van der Waals surface area contributed by atoms with E-state index in [2.05, 4.69) is 0 Å². The van der Waals surface area contributed by atoms with E-state index in [-0.39, 0.29) is 0 Å². The molecule has 2 aromatic carbocycles. The van der Waals surface area contributed by atoms with E-state index in [0.29, 0.717) is 26.5 Å². The number of halogens is 4. The summed E-state index contributed by atoms with van der Waals surface area (Å²) in [6.45, 7) is 0. The monoisotopic (exact) mass is 304 g/mol. The second-order valence-electron chi connectivity index (χ2n) is 3.62. The van der Waals surface area contributed by atoms with Crippen molar-refractivity contribution in [3.8, 4) is 0 Å². The SMILES string of the molecule is Clc1cc(Cc2ccccc2)c(Cl)c(Cl)c1Cl. The summed E-state index contributed by atoms with van der Waals surface area (Å²) in [7, 11) is 0. The molecule has 0 aliphatic carbocycles. The lowest BCUT2D eigenvalue weighted by molar-refractivity contribution is 1.19. The molecule has 17 heavy (non-hydrogen) atoms. The van der Waals surface area contributed by atoms with Crippen LogP contribution in [0, 0.1) is 0 Å². The van der Waals surface area contributed by atoms with Gasteiger partial charge < -0.3 is 0 Å². The molecule has 0 unspecified atom stereocenters. The van der Waals surface area contributed by atoms with Gasteiger partial charge in [-0.2, -0.15) is 0 Å². The van der Waals surface area contributed by atoms with Gasteiger partial charge >= 0.3 is 0 Å². The molecule has 0 saturated carbocycles. The zero-order valence-corrected chi connectivity index (χ0v) is 11.7. The molecule has 0 atom stereocenters. The fourth-order valence-electron chi connectivity index (χ4n) is 1.57. The Bertz CT molecular complexity index is 535. The first-order chi connectivity index (χ1) is 8.09. The van der Waals surface area contributed by atoms with E-state index in [1.807, 2.05) is 30.3 Å². The molecule has 0 nitrogen and oxygen atoms in total. The summed E-state index contributed by atoms with van der Waals surface area (Å²) in [5, 5.41) is 1.50.